The summed E-state index contributed by atoms with van der Waals surface area (Å²) >= 11 is 0. The van der Waals surface area contributed by atoms with E-state index in [2.05, 4.69) is 5.32 Å². The Morgan fingerprint density at radius 3 is 2.19 bits per heavy atom. The molecule has 7 nitrogen and oxygen atoms in total. The Labute approximate surface area is 181 Å². The van der Waals surface area contributed by atoms with Crippen molar-refractivity contribution < 1.29 is 23.8 Å². The molecule has 0 bridgehead atoms. The zero-order valence-electron chi connectivity index (χ0n) is 17.6. The van der Waals surface area contributed by atoms with Gasteiger partial charge in [0.15, 0.2) is 11.5 Å². The number of rotatable bonds is 7. The monoisotopic (exact) mass is 420 g/mol. The van der Waals surface area contributed by atoms with Gasteiger partial charge < -0.3 is 19.5 Å². The molecule has 3 rings (SSSR count). The van der Waals surface area contributed by atoms with E-state index < -0.39 is 11.9 Å². The highest BCUT2D eigenvalue weighted by molar-refractivity contribution is 6.05. The number of ether oxygens (including phenoxy) is 3. The fourth-order valence-corrected chi connectivity index (χ4v) is 3.03. The molecular weight excluding hydrogens is 396 g/mol. The lowest BCUT2D eigenvalue weighted by molar-refractivity contribution is 0.0790. The molecule has 31 heavy (non-hydrogen) atoms. The Bertz CT molecular complexity index is 1050. The number of hydrogen-bond acceptors (Lipinski definition) is 5. The summed E-state index contributed by atoms with van der Waals surface area (Å²) in [5.74, 6) is 1.54. The third-order valence-electron chi connectivity index (χ3n) is 4.58. The number of urea groups is 1. The van der Waals surface area contributed by atoms with Gasteiger partial charge in [0.05, 0.1) is 26.3 Å². The smallest absolute Gasteiger partial charge is 0.324 e. The normalized spacial score (nSPS) is 10.2. The second-order valence-corrected chi connectivity index (χ2v) is 6.55. The maximum Gasteiger partial charge on any atom is 0.324 e. The Hall–Kier alpha value is -4.00. The molecule has 3 amide bonds. The molecule has 3 aromatic rings. The number of nitrogens with zero attached hydrogens (tertiary/aromatic N) is 1. The van der Waals surface area contributed by atoms with E-state index in [0.717, 1.165) is 4.90 Å². The maximum atomic E-state index is 13.4. The Morgan fingerprint density at radius 1 is 0.839 bits per heavy atom. The van der Waals surface area contributed by atoms with Crippen LogP contribution in [-0.2, 0) is 6.54 Å². The second kappa shape index (κ2) is 10.2. The zero-order valence-corrected chi connectivity index (χ0v) is 17.6. The van der Waals surface area contributed by atoms with Crippen LogP contribution in [0, 0.1) is 0 Å². The van der Waals surface area contributed by atoms with E-state index in [0.29, 0.717) is 28.6 Å². The standard InChI is InChI=1S/C24H24N2O5/c1-25-24(28)26(16-17-13-14-21(29-2)22(15-17)30-3)23(27)19-11-7-8-12-20(19)31-18-9-5-4-6-10-18/h4-15H,16H2,1-3H3,(H,25,28). The highest BCUT2D eigenvalue weighted by Crippen LogP contribution is 2.29. The molecule has 0 aromatic heterocycles. The molecule has 0 saturated carbocycles. The molecule has 0 unspecified atom stereocenters. The van der Waals surface area contributed by atoms with Crippen molar-refractivity contribution in [1.29, 1.82) is 0 Å². The molecule has 1 N–H and O–H groups in total. The first kappa shape index (κ1) is 21.7. The molecule has 160 valence electrons. The van der Waals surface area contributed by atoms with Gasteiger partial charge in [-0.1, -0.05) is 36.4 Å². The number of imide groups is 1. The molecule has 0 spiro atoms. The van der Waals surface area contributed by atoms with E-state index in [1.54, 1.807) is 61.7 Å². The molecule has 0 aliphatic carbocycles. The molecule has 0 aliphatic rings. The minimum absolute atomic E-state index is 0.0402. The molecule has 3 aromatic carbocycles. The minimum Gasteiger partial charge on any atom is -0.493 e. The van der Waals surface area contributed by atoms with Gasteiger partial charge >= 0.3 is 6.03 Å². The van der Waals surface area contributed by atoms with Crippen molar-refractivity contribution in [1.82, 2.24) is 10.2 Å². The van der Waals surface area contributed by atoms with Crippen LogP contribution in [0.3, 0.4) is 0 Å². The van der Waals surface area contributed by atoms with Gasteiger partial charge in [-0.05, 0) is 42.0 Å². The summed E-state index contributed by atoms with van der Waals surface area (Å²) in [7, 11) is 4.55. The van der Waals surface area contributed by atoms with E-state index in [1.165, 1.54) is 14.2 Å². The zero-order chi connectivity index (χ0) is 22.2. The number of nitrogens with one attached hydrogen (secondary N) is 1. The summed E-state index contributed by atoms with van der Waals surface area (Å²) in [6, 6.07) is 20.7. The van der Waals surface area contributed by atoms with Gasteiger partial charge in [0.2, 0.25) is 0 Å². The number of amides is 3. The highest BCUT2D eigenvalue weighted by atomic mass is 16.5. The number of benzene rings is 3. The van der Waals surface area contributed by atoms with E-state index in [9.17, 15) is 9.59 Å². The van der Waals surface area contributed by atoms with Crippen LogP contribution in [0.25, 0.3) is 0 Å². The lowest BCUT2D eigenvalue weighted by Crippen LogP contribution is -2.42. The van der Waals surface area contributed by atoms with Crippen LogP contribution in [0.2, 0.25) is 0 Å². The number of hydrogen-bond donors (Lipinski definition) is 1. The van der Waals surface area contributed by atoms with Crippen LogP contribution in [0.5, 0.6) is 23.0 Å². The van der Waals surface area contributed by atoms with Gasteiger partial charge in [-0.2, -0.15) is 0 Å². The Balaban J connectivity index is 1.92. The van der Waals surface area contributed by atoms with Crippen molar-refractivity contribution >= 4 is 11.9 Å². The lowest BCUT2D eigenvalue weighted by atomic mass is 10.1. The van der Waals surface area contributed by atoms with E-state index in [-0.39, 0.29) is 12.1 Å². The van der Waals surface area contributed by atoms with Crippen molar-refractivity contribution in [2.75, 3.05) is 21.3 Å². The molecular formula is C24H24N2O5. The van der Waals surface area contributed by atoms with Crippen LogP contribution >= 0.6 is 0 Å². The highest BCUT2D eigenvalue weighted by Gasteiger charge is 2.25. The summed E-state index contributed by atoms with van der Waals surface area (Å²) in [5.41, 5.74) is 0.978. The fourth-order valence-electron chi connectivity index (χ4n) is 3.03. The van der Waals surface area contributed by atoms with Crippen molar-refractivity contribution in [2.45, 2.75) is 6.54 Å². The van der Waals surface area contributed by atoms with Gasteiger partial charge in [-0.25, -0.2) is 4.79 Å². The van der Waals surface area contributed by atoms with Gasteiger partial charge in [-0.3, -0.25) is 9.69 Å². The predicted molar refractivity (Wildman–Crippen MR) is 117 cm³/mol. The van der Waals surface area contributed by atoms with Crippen LogP contribution in [-0.4, -0.2) is 38.1 Å². The van der Waals surface area contributed by atoms with Crippen LogP contribution in [0.15, 0.2) is 72.8 Å². The number of para-hydroxylation sites is 2. The first-order valence-electron chi connectivity index (χ1n) is 9.63. The summed E-state index contributed by atoms with van der Waals surface area (Å²) in [4.78, 5) is 27.1. The lowest BCUT2D eigenvalue weighted by Gasteiger charge is -2.22. The summed E-state index contributed by atoms with van der Waals surface area (Å²) in [6.45, 7) is 0.0402. The minimum atomic E-state index is -0.533. The van der Waals surface area contributed by atoms with E-state index in [4.69, 9.17) is 14.2 Å². The molecule has 0 heterocycles. The van der Waals surface area contributed by atoms with Crippen molar-refractivity contribution in [3.63, 3.8) is 0 Å². The van der Waals surface area contributed by atoms with E-state index in [1.807, 2.05) is 18.2 Å². The fraction of sp³-hybridized carbons (Fsp3) is 0.167. The molecule has 0 fully saturated rings. The van der Waals surface area contributed by atoms with Gasteiger partial charge in [0, 0.05) is 7.05 Å². The Morgan fingerprint density at radius 2 is 1.52 bits per heavy atom. The van der Waals surface area contributed by atoms with Crippen LogP contribution in [0.1, 0.15) is 15.9 Å². The molecule has 7 heteroatoms. The topological polar surface area (TPSA) is 77.1 Å². The third-order valence-corrected chi connectivity index (χ3v) is 4.58. The quantitative estimate of drug-likeness (QED) is 0.610. The summed E-state index contributed by atoms with van der Waals surface area (Å²) in [5, 5.41) is 2.53. The molecule has 0 saturated heterocycles. The maximum absolute atomic E-state index is 13.4. The molecule has 0 atom stereocenters. The Kier molecular flexibility index (Phi) is 7.11. The second-order valence-electron chi connectivity index (χ2n) is 6.55. The van der Waals surface area contributed by atoms with Gasteiger partial charge in [0.25, 0.3) is 5.91 Å². The first-order chi connectivity index (χ1) is 15.1. The van der Waals surface area contributed by atoms with E-state index >= 15 is 0 Å². The average Bonchev–Trinajstić information content (AvgIpc) is 2.82. The molecule has 0 radical (unpaired) electrons. The number of methoxy groups -OCH3 is 2. The SMILES string of the molecule is CNC(=O)N(Cc1ccc(OC)c(OC)c1)C(=O)c1ccccc1Oc1ccccc1. The summed E-state index contributed by atoms with van der Waals surface area (Å²) in [6.07, 6.45) is 0. The van der Waals surface area contributed by atoms with Crippen molar-refractivity contribution in [3.8, 4) is 23.0 Å². The van der Waals surface area contributed by atoms with Gasteiger partial charge in [0.1, 0.15) is 11.5 Å². The average molecular weight is 420 g/mol. The first-order valence-corrected chi connectivity index (χ1v) is 9.63. The van der Waals surface area contributed by atoms with Crippen LogP contribution < -0.4 is 19.5 Å². The molecule has 0 aliphatic heterocycles. The van der Waals surface area contributed by atoms with Crippen LogP contribution in [0.4, 0.5) is 4.79 Å². The number of carbonyl (C=O) groups is 2. The summed E-state index contributed by atoms with van der Waals surface area (Å²) < 4.78 is 16.5. The van der Waals surface area contributed by atoms with Crippen molar-refractivity contribution in [3.05, 3.63) is 83.9 Å². The van der Waals surface area contributed by atoms with Crippen molar-refractivity contribution in [2.24, 2.45) is 0 Å². The van der Waals surface area contributed by atoms with Gasteiger partial charge in [-0.15, -0.1) is 0 Å². The largest absolute Gasteiger partial charge is 0.493 e. The third kappa shape index (κ3) is 5.14. The number of carbonyl (C=O) groups excluding carboxylic acids is 2. The predicted octanol–water partition coefficient (Wildman–Crippen LogP) is 4.48.